The van der Waals surface area contributed by atoms with Crippen molar-refractivity contribution in [1.82, 2.24) is 0 Å². The maximum atomic E-state index is 10.2. The zero-order valence-electron chi connectivity index (χ0n) is 11.4. The molecule has 0 aliphatic rings. The molecule has 1 rings (SSSR count). The lowest BCUT2D eigenvalue weighted by molar-refractivity contribution is 0.0249. The van der Waals surface area contributed by atoms with E-state index >= 15 is 0 Å². The van der Waals surface area contributed by atoms with Crippen LogP contribution in [0.15, 0.2) is 24.3 Å². The lowest BCUT2D eigenvalue weighted by Crippen LogP contribution is -2.28. The minimum absolute atomic E-state index is 0.554. The van der Waals surface area contributed by atoms with Crippen molar-refractivity contribution in [2.75, 3.05) is 13.7 Å². The molecule has 0 aliphatic carbocycles. The molecule has 17 heavy (non-hydrogen) atoms. The van der Waals surface area contributed by atoms with Gasteiger partial charge in [-0.25, -0.2) is 0 Å². The van der Waals surface area contributed by atoms with Crippen LogP contribution in [0.4, 0.5) is 0 Å². The van der Waals surface area contributed by atoms with E-state index in [1.165, 1.54) is 11.1 Å². The third kappa shape index (κ3) is 4.88. The van der Waals surface area contributed by atoms with Gasteiger partial charge in [-0.2, -0.15) is 0 Å². The highest BCUT2D eigenvalue weighted by Crippen LogP contribution is 2.20. The van der Waals surface area contributed by atoms with Gasteiger partial charge in [0.25, 0.3) is 0 Å². The fourth-order valence-corrected chi connectivity index (χ4v) is 1.87. The zero-order chi connectivity index (χ0) is 12.9. The predicted molar refractivity (Wildman–Crippen MR) is 71.4 cm³/mol. The molecule has 0 radical (unpaired) electrons. The molecule has 1 unspecified atom stereocenters. The van der Waals surface area contributed by atoms with Crippen LogP contribution in [0.3, 0.4) is 0 Å². The minimum atomic E-state index is -0.685. The number of methoxy groups -OCH3 is 1. The number of benzene rings is 1. The molecule has 96 valence electrons. The summed E-state index contributed by atoms with van der Waals surface area (Å²) in [6, 6.07) is 8.51. The number of ether oxygens (including phenoxy) is 1. The van der Waals surface area contributed by atoms with Crippen LogP contribution in [0.25, 0.3) is 0 Å². The molecule has 1 atom stereocenters. The van der Waals surface area contributed by atoms with Crippen LogP contribution in [0.2, 0.25) is 0 Å². The van der Waals surface area contributed by atoms with Crippen molar-refractivity contribution in [2.24, 2.45) is 0 Å². The van der Waals surface area contributed by atoms with Gasteiger partial charge in [-0.05, 0) is 30.4 Å². The molecule has 2 heteroatoms. The summed E-state index contributed by atoms with van der Waals surface area (Å²) in [5, 5.41) is 10.2. The van der Waals surface area contributed by atoms with E-state index in [0.717, 1.165) is 0 Å². The van der Waals surface area contributed by atoms with Crippen molar-refractivity contribution >= 4 is 0 Å². The van der Waals surface area contributed by atoms with Crippen molar-refractivity contribution in [2.45, 2.75) is 45.1 Å². The maximum Gasteiger partial charge on any atom is 0.0681 e. The van der Waals surface area contributed by atoms with Crippen LogP contribution >= 0.6 is 0 Å². The molecule has 1 aromatic carbocycles. The van der Waals surface area contributed by atoms with Gasteiger partial charge in [-0.1, -0.05) is 38.1 Å². The van der Waals surface area contributed by atoms with E-state index in [2.05, 4.69) is 38.1 Å². The second-order valence-electron chi connectivity index (χ2n) is 5.31. The second-order valence-corrected chi connectivity index (χ2v) is 5.31. The zero-order valence-corrected chi connectivity index (χ0v) is 11.4. The van der Waals surface area contributed by atoms with Gasteiger partial charge in [0.2, 0.25) is 0 Å². The van der Waals surface area contributed by atoms with Crippen molar-refractivity contribution in [1.29, 1.82) is 0 Å². The summed E-state index contributed by atoms with van der Waals surface area (Å²) in [5.74, 6) is 0.554. The highest BCUT2D eigenvalue weighted by molar-refractivity contribution is 5.25. The minimum Gasteiger partial charge on any atom is -0.390 e. The van der Waals surface area contributed by atoms with Gasteiger partial charge in [0.1, 0.15) is 0 Å². The SMILES string of the molecule is COCCC(C)(O)Cc1ccc(C(C)C)cc1. The van der Waals surface area contributed by atoms with Crippen LogP contribution in [-0.2, 0) is 11.2 Å². The van der Waals surface area contributed by atoms with E-state index in [1.807, 2.05) is 6.92 Å². The van der Waals surface area contributed by atoms with Gasteiger partial charge < -0.3 is 9.84 Å². The summed E-state index contributed by atoms with van der Waals surface area (Å²) >= 11 is 0. The van der Waals surface area contributed by atoms with E-state index in [4.69, 9.17) is 4.74 Å². The summed E-state index contributed by atoms with van der Waals surface area (Å²) in [6.07, 6.45) is 1.34. The first-order valence-electron chi connectivity index (χ1n) is 6.25. The summed E-state index contributed by atoms with van der Waals surface area (Å²) in [4.78, 5) is 0. The Kier molecular flexibility index (Phi) is 5.16. The monoisotopic (exact) mass is 236 g/mol. The Morgan fingerprint density at radius 2 is 1.82 bits per heavy atom. The molecule has 0 heterocycles. The first kappa shape index (κ1) is 14.2. The molecule has 0 spiro atoms. The number of aliphatic hydroxyl groups is 1. The molecule has 0 aliphatic heterocycles. The summed E-state index contributed by atoms with van der Waals surface area (Å²) in [6.45, 7) is 6.83. The van der Waals surface area contributed by atoms with Gasteiger partial charge in [-0.3, -0.25) is 0 Å². The maximum absolute atomic E-state index is 10.2. The van der Waals surface area contributed by atoms with Crippen LogP contribution in [0.1, 0.15) is 44.2 Å². The molecule has 0 bridgehead atoms. The lowest BCUT2D eigenvalue weighted by atomic mass is 9.92. The molecule has 1 aromatic rings. The van der Waals surface area contributed by atoms with Crippen molar-refractivity contribution in [3.05, 3.63) is 35.4 Å². The van der Waals surface area contributed by atoms with Gasteiger partial charge in [0.15, 0.2) is 0 Å². The predicted octanol–water partition coefficient (Wildman–Crippen LogP) is 3.14. The van der Waals surface area contributed by atoms with E-state index < -0.39 is 5.60 Å². The average molecular weight is 236 g/mol. The summed E-state index contributed by atoms with van der Waals surface area (Å²) < 4.78 is 5.01. The topological polar surface area (TPSA) is 29.5 Å². The molecule has 0 amide bonds. The van der Waals surface area contributed by atoms with Crippen LogP contribution in [0.5, 0.6) is 0 Å². The second kappa shape index (κ2) is 6.18. The van der Waals surface area contributed by atoms with Gasteiger partial charge in [0, 0.05) is 20.1 Å². The molecular weight excluding hydrogens is 212 g/mol. The molecular formula is C15H24O2. The fraction of sp³-hybridized carbons (Fsp3) is 0.600. The van der Waals surface area contributed by atoms with Gasteiger partial charge >= 0.3 is 0 Å². The molecule has 0 saturated heterocycles. The smallest absolute Gasteiger partial charge is 0.0681 e. The highest BCUT2D eigenvalue weighted by Gasteiger charge is 2.20. The van der Waals surface area contributed by atoms with E-state index in [0.29, 0.717) is 25.4 Å². The quantitative estimate of drug-likeness (QED) is 0.822. The molecule has 2 nitrogen and oxygen atoms in total. The molecule has 1 N–H and O–H groups in total. The Morgan fingerprint density at radius 1 is 1.24 bits per heavy atom. The number of hydrogen-bond donors (Lipinski definition) is 1. The van der Waals surface area contributed by atoms with Crippen molar-refractivity contribution < 1.29 is 9.84 Å². The van der Waals surface area contributed by atoms with E-state index in [9.17, 15) is 5.11 Å². The van der Waals surface area contributed by atoms with Gasteiger partial charge in [0.05, 0.1) is 5.60 Å². The normalized spacial score (nSPS) is 14.9. The lowest BCUT2D eigenvalue weighted by Gasteiger charge is -2.23. The number of rotatable bonds is 6. The Labute approximate surface area is 105 Å². The summed E-state index contributed by atoms with van der Waals surface area (Å²) in [5.41, 5.74) is 1.83. The van der Waals surface area contributed by atoms with Crippen molar-refractivity contribution in [3.8, 4) is 0 Å². The van der Waals surface area contributed by atoms with Crippen molar-refractivity contribution in [3.63, 3.8) is 0 Å². The Bertz CT molecular complexity index is 325. The third-order valence-corrected chi connectivity index (χ3v) is 3.08. The highest BCUT2D eigenvalue weighted by atomic mass is 16.5. The Morgan fingerprint density at radius 3 is 2.29 bits per heavy atom. The summed E-state index contributed by atoms with van der Waals surface area (Å²) in [7, 11) is 1.66. The molecule has 0 fully saturated rings. The van der Waals surface area contributed by atoms with Crippen LogP contribution < -0.4 is 0 Å². The van der Waals surface area contributed by atoms with Crippen LogP contribution in [0, 0.1) is 0 Å². The average Bonchev–Trinajstić information content (AvgIpc) is 2.26. The molecule has 0 saturated carbocycles. The largest absolute Gasteiger partial charge is 0.390 e. The fourth-order valence-electron chi connectivity index (χ4n) is 1.87. The van der Waals surface area contributed by atoms with E-state index in [-0.39, 0.29) is 0 Å². The van der Waals surface area contributed by atoms with E-state index in [1.54, 1.807) is 7.11 Å². The first-order chi connectivity index (χ1) is 7.94. The Balaban J connectivity index is 2.62. The number of hydrogen-bond acceptors (Lipinski definition) is 2. The standard InChI is InChI=1S/C15H24O2/c1-12(2)14-7-5-13(6-8-14)11-15(3,16)9-10-17-4/h5-8,12,16H,9-11H2,1-4H3. The Hall–Kier alpha value is -0.860. The van der Waals surface area contributed by atoms with Gasteiger partial charge in [-0.15, -0.1) is 0 Å². The first-order valence-corrected chi connectivity index (χ1v) is 6.25. The van der Waals surface area contributed by atoms with Crippen LogP contribution in [-0.4, -0.2) is 24.4 Å². The third-order valence-electron chi connectivity index (χ3n) is 3.08. The molecule has 0 aromatic heterocycles.